The summed E-state index contributed by atoms with van der Waals surface area (Å²) in [5.41, 5.74) is 6.06. The SMILES string of the molecule is CC(C)N(CC(N)=O)C(C)C(=O)Nc1ccccc1C#N. The van der Waals surface area contributed by atoms with Crippen LogP contribution in [0.4, 0.5) is 5.69 Å². The quantitative estimate of drug-likeness (QED) is 0.818. The van der Waals surface area contributed by atoms with E-state index in [2.05, 4.69) is 5.32 Å². The number of benzene rings is 1. The molecule has 0 aliphatic heterocycles. The molecular weight excluding hydrogens is 268 g/mol. The van der Waals surface area contributed by atoms with Crippen LogP contribution in [-0.2, 0) is 9.59 Å². The Morgan fingerprint density at radius 1 is 1.33 bits per heavy atom. The summed E-state index contributed by atoms with van der Waals surface area (Å²) in [7, 11) is 0. The predicted molar refractivity (Wildman–Crippen MR) is 80.3 cm³/mol. The van der Waals surface area contributed by atoms with E-state index in [0.717, 1.165) is 0 Å². The molecule has 21 heavy (non-hydrogen) atoms. The van der Waals surface area contributed by atoms with Crippen molar-refractivity contribution in [2.75, 3.05) is 11.9 Å². The Morgan fingerprint density at radius 2 is 1.95 bits per heavy atom. The zero-order valence-electron chi connectivity index (χ0n) is 12.5. The van der Waals surface area contributed by atoms with Gasteiger partial charge in [0.05, 0.1) is 23.8 Å². The van der Waals surface area contributed by atoms with Gasteiger partial charge in [0.15, 0.2) is 0 Å². The van der Waals surface area contributed by atoms with Crippen LogP contribution in [0.3, 0.4) is 0 Å². The topological polar surface area (TPSA) is 99.2 Å². The average Bonchev–Trinajstić information content (AvgIpc) is 2.44. The lowest BCUT2D eigenvalue weighted by molar-refractivity contribution is -0.124. The van der Waals surface area contributed by atoms with E-state index < -0.39 is 11.9 Å². The highest BCUT2D eigenvalue weighted by Crippen LogP contribution is 2.15. The van der Waals surface area contributed by atoms with Gasteiger partial charge >= 0.3 is 0 Å². The number of hydrogen-bond donors (Lipinski definition) is 2. The standard InChI is InChI=1S/C15H20N4O2/c1-10(2)19(9-14(17)20)11(3)15(21)18-13-7-5-4-6-12(13)8-16/h4-7,10-11H,9H2,1-3H3,(H2,17,20)(H,18,21). The van der Waals surface area contributed by atoms with Crippen LogP contribution in [0.1, 0.15) is 26.3 Å². The van der Waals surface area contributed by atoms with Crippen LogP contribution in [0.15, 0.2) is 24.3 Å². The van der Waals surface area contributed by atoms with Crippen molar-refractivity contribution in [3.63, 3.8) is 0 Å². The van der Waals surface area contributed by atoms with E-state index in [1.54, 1.807) is 36.1 Å². The smallest absolute Gasteiger partial charge is 0.241 e. The second kappa shape index (κ2) is 7.41. The second-order valence-electron chi connectivity index (χ2n) is 5.06. The molecule has 0 radical (unpaired) electrons. The summed E-state index contributed by atoms with van der Waals surface area (Å²) in [5, 5.41) is 11.7. The molecular formula is C15H20N4O2. The Morgan fingerprint density at radius 3 is 2.48 bits per heavy atom. The minimum absolute atomic E-state index is 0.00610. The van der Waals surface area contributed by atoms with Crippen molar-refractivity contribution < 1.29 is 9.59 Å². The Balaban J connectivity index is 2.86. The third kappa shape index (κ3) is 4.58. The molecule has 0 aliphatic rings. The number of nitrogens with one attached hydrogen (secondary N) is 1. The summed E-state index contributed by atoms with van der Waals surface area (Å²) < 4.78 is 0. The molecule has 112 valence electrons. The predicted octanol–water partition coefficient (Wildman–Crippen LogP) is 1.08. The first-order valence-electron chi connectivity index (χ1n) is 6.70. The maximum Gasteiger partial charge on any atom is 0.241 e. The van der Waals surface area contributed by atoms with E-state index in [1.807, 2.05) is 19.9 Å². The third-order valence-corrected chi connectivity index (χ3v) is 3.18. The molecule has 0 saturated heterocycles. The molecule has 3 N–H and O–H groups in total. The van der Waals surface area contributed by atoms with Gasteiger partial charge in [0.25, 0.3) is 0 Å². The third-order valence-electron chi connectivity index (χ3n) is 3.18. The highest BCUT2D eigenvalue weighted by atomic mass is 16.2. The molecule has 0 aliphatic carbocycles. The monoisotopic (exact) mass is 288 g/mol. The molecule has 0 fully saturated rings. The van der Waals surface area contributed by atoms with Gasteiger partial charge < -0.3 is 11.1 Å². The number of para-hydroxylation sites is 1. The average molecular weight is 288 g/mol. The molecule has 6 nitrogen and oxygen atoms in total. The Hall–Kier alpha value is -2.39. The summed E-state index contributed by atoms with van der Waals surface area (Å²) in [6, 6.07) is 8.23. The molecule has 6 heteroatoms. The lowest BCUT2D eigenvalue weighted by Crippen LogP contribution is -2.49. The Kier molecular flexibility index (Phi) is 5.88. The van der Waals surface area contributed by atoms with Crippen molar-refractivity contribution in [2.45, 2.75) is 32.9 Å². The van der Waals surface area contributed by atoms with Gasteiger partial charge in [-0.25, -0.2) is 0 Å². The van der Waals surface area contributed by atoms with Gasteiger partial charge in [-0.15, -0.1) is 0 Å². The van der Waals surface area contributed by atoms with Crippen LogP contribution in [0.5, 0.6) is 0 Å². The number of hydrogen-bond acceptors (Lipinski definition) is 4. The lowest BCUT2D eigenvalue weighted by atomic mass is 10.1. The molecule has 0 aromatic heterocycles. The molecule has 1 aromatic carbocycles. The van der Waals surface area contributed by atoms with E-state index in [9.17, 15) is 9.59 Å². The summed E-state index contributed by atoms with van der Waals surface area (Å²) >= 11 is 0. The maximum absolute atomic E-state index is 12.3. The fraction of sp³-hybridized carbons (Fsp3) is 0.400. The Bertz CT molecular complexity index is 563. The number of nitriles is 1. The lowest BCUT2D eigenvalue weighted by Gasteiger charge is -2.30. The van der Waals surface area contributed by atoms with Crippen LogP contribution in [0, 0.1) is 11.3 Å². The second-order valence-corrected chi connectivity index (χ2v) is 5.06. The van der Waals surface area contributed by atoms with Gasteiger partial charge in [0.1, 0.15) is 6.07 Å². The van der Waals surface area contributed by atoms with Crippen molar-refractivity contribution in [3.8, 4) is 6.07 Å². The van der Waals surface area contributed by atoms with E-state index in [4.69, 9.17) is 11.0 Å². The van der Waals surface area contributed by atoms with Gasteiger partial charge in [0, 0.05) is 6.04 Å². The summed E-state index contributed by atoms with van der Waals surface area (Å²) in [6.07, 6.45) is 0. The van der Waals surface area contributed by atoms with Crippen LogP contribution in [0.25, 0.3) is 0 Å². The highest BCUT2D eigenvalue weighted by Gasteiger charge is 2.25. The summed E-state index contributed by atoms with van der Waals surface area (Å²) in [6.45, 7) is 5.48. The summed E-state index contributed by atoms with van der Waals surface area (Å²) in [4.78, 5) is 25.1. The van der Waals surface area contributed by atoms with E-state index in [-0.39, 0.29) is 18.5 Å². The molecule has 1 atom stereocenters. The van der Waals surface area contributed by atoms with Crippen molar-refractivity contribution in [3.05, 3.63) is 29.8 Å². The Labute approximate surface area is 124 Å². The first-order chi connectivity index (χ1) is 9.86. The van der Waals surface area contributed by atoms with Crippen LogP contribution >= 0.6 is 0 Å². The van der Waals surface area contributed by atoms with Gasteiger partial charge in [-0.2, -0.15) is 5.26 Å². The number of rotatable bonds is 6. The molecule has 2 amide bonds. The largest absolute Gasteiger partial charge is 0.369 e. The molecule has 0 bridgehead atoms. The van der Waals surface area contributed by atoms with Crippen LogP contribution in [-0.4, -0.2) is 35.3 Å². The van der Waals surface area contributed by atoms with Gasteiger partial charge in [-0.1, -0.05) is 12.1 Å². The minimum atomic E-state index is -0.538. The molecule has 0 heterocycles. The van der Waals surface area contributed by atoms with Gasteiger partial charge in [-0.05, 0) is 32.9 Å². The molecule has 1 aromatic rings. The number of nitrogens with two attached hydrogens (primary N) is 1. The minimum Gasteiger partial charge on any atom is -0.369 e. The first kappa shape index (κ1) is 16.7. The van der Waals surface area contributed by atoms with Gasteiger partial charge in [-0.3, -0.25) is 14.5 Å². The fourth-order valence-corrected chi connectivity index (χ4v) is 2.02. The van der Waals surface area contributed by atoms with E-state index >= 15 is 0 Å². The first-order valence-corrected chi connectivity index (χ1v) is 6.70. The number of anilines is 1. The number of nitrogens with zero attached hydrogens (tertiary/aromatic N) is 2. The van der Waals surface area contributed by atoms with Crippen molar-refractivity contribution >= 4 is 17.5 Å². The van der Waals surface area contributed by atoms with Crippen LogP contribution < -0.4 is 11.1 Å². The maximum atomic E-state index is 12.3. The van der Waals surface area contributed by atoms with Gasteiger partial charge in [0.2, 0.25) is 11.8 Å². The van der Waals surface area contributed by atoms with E-state index in [1.165, 1.54) is 0 Å². The number of primary amides is 1. The van der Waals surface area contributed by atoms with Crippen molar-refractivity contribution in [1.29, 1.82) is 5.26 Å². The van der Waals surface area contributed by atoms with Crippen molar-refractivity contribution in [1.82, 2.24) is 4.90 Å². The molecule has 1 rings (SSSR count). The number of amides is 2. The van der Waals surface area contributed by atoms with E-state index in [0.29, 0.717) is 11.3 Å². The molecule has 0 spiro atoms. The highest BCUT2D eigenvalue weighted by molar-refractivity contribution is 5.96. The van der Waals surface area contributed by atoms with Crippen molar-refractivity contribution in [2.24, 2.45) is 5.73 Å². The number of carbonyl (C=O) groups excluding carboxylic acids is 2. The normalized spacial score (nSPS) is 12.0. The number of carbonyl (C=O) groups is 2. The fourth-order valence-electron chi connectivity index (χ4n) is 2.02. The summed E-state index contributed by atoms with van der Waals surface area (Å²) in [5.74, 6) is -0.770. The zero-order chi connectivity index (χ0) is 16.0. The van der Waals surface area contributed by atoms with Crippen LogP contribution in [0.2, 0.25) is 0 Å². The molecule has 0 saturated carbocycles. The molecule has 1 unspecified atom stereocenters. The zero-order valence-corrected chi connectivity index (χ0v) is 12.5.